The predicted molar refractivity (Wildman–Crippen MR) is 69.0 cm³/mol. The number of unbranched alkanes of at least 4 members (excludes halogenated alkanes) is 2. The molecule has 0 amide bonds. The van der Waals surface area contributed by atoms with Gasteiger partial charge in [-0.2, -0.15) is 0 Å². The Labute approximate surface area is 106 Å². The second kappa shape index (κ2) is 6.67. The third kappa shape index (κ3) is 4.40. The summed E-state index contributed by atoms with van der Waals surface area (Å²) in [6.45, 7) is 2.05. The Morgan fingerprint density at radius 3 is 2.47 bits per heavy atom. The second-order valence-electron chi connectivity index (χ2n) is 3.96. The summed E-state index contributed by atoms with van der Waals surface area (Å²) < 4.78 is 0. The van der Waals surface area contributed by atoms with E-state index in [2.05, 4.69) is 0 Å². The van der Waals surface area contributed by atoms with Crippen molar-refractivity contribution in [2.45, 2.75) is 42.4 Å². The summed E-state index contributed by atoms with van der Waals surface area (Å²) in [6.07, 6.45) is 2.94. The molecule has 0 aliphatic heterocycles. The van der Waals surface area contributed by atoms with Crippen LogP contribution in [-0.4, -0.2) is 21.1 Å². The quantitative estimate of drug-likeness (QED) is 0.446. The summed E-state index contributed by atoms with van der Waals surface area (Å²) in [7, 11) is 0. The van der Waals surface area contributed by atoms with Crippen LogP contribution in [0.3, 0.4) is 0 Å². The van der Waals surface area contributed by atoms with Crippen LogP contribution in [0, 0.1) is 0 Å². The third-order valence-corrected chi connectivity index (χ3v) is 3.71. The zero-order chi connectivity index (χ0) is 12.7. The van der Waals surface area contributed by atoms with E-state index in [9.17, 15) is 9.90 Å². The van der Waals surface area contributed by atoms with Gasteiger partial charge < -0.3 is 10.2 Å². The lowest BCUT2D eigenvalue weighted by Crippen LogP contribution is -2.34. The van der Waals surface area contributed by atoms with Crippen LogP contribution >= 0.6 is 11.8 Å². The molecule has 0 fully saturated rings. The molecule has 0 aromatic heterocycles. The van der Waals surface area contributed by atoms with Crippen LogP contribution in [0.2, 0.25) is 0 Å². The summed E-state index contributed by atoms with van der Waals surface area (Å²) in [5.74, 6) is -1.16. The highest BCUT2D eigenvalue weighted by Crippen LogP contribution is 2.35. The van der Waals surface area contributed by atoms with Crippen LogP contribution in [-0.2, 0) is 4.79 Å². The molecule has 2 N–H and O–H groups in total. The third-order valence-electron chi connectivity index (χ3n) is 2.48. The number of hydrogen-bond acceptors (Lipinski definition) is 3. The average molecular weight is 254 g/mol. The Kier molecular flexibility index (Phi) is 5.51. The van der Waals surface area contributed by atoms with E-state index in [0.717, 1.165) is 35.9 Å². The summed E-state index contributed by atoms with van der Waals surface area (Å²) in [5, 5.41) is 19.3. The Morgan fingerprint density at radius 2 is 1.94 bits per heavy atom. The molecule has 1 rings (SSSR count). The lowest BCUT2D eigenvalue weighted by molar-refractivity contribution is -0.149. The van der Waals surface area contributed by atoms with Gasteiger partial charge in [0.05, 0.1) is 0 Å². The van der Waals surface area contributed by atoms with Crippen LogP contribution in [0.4, 0.5) is 0 Å². The van der Waals surface area contributed by atoms with Gasteiger partial charge in [0.15, 0.2) is 0 Å². The van der Waals surface area contributed by atoms with E-state index in [4.69, 9.17) is 5.11 Å². The van der Waals surface area contributed by atoms with Gasteiger partial charge in [0.2, 0.25) is 4.93 Å². The zero-order valence-electron chi connectivity index (χ0n) is 9.93. The van der Waals surface area contributed by atoms with Gasteiger partial charge in [-0.15, -0.1) is 0 Å². The van der Waals surface area contributed by atoms with Crippen molar-refractivity contribution in [2.75, 3.05) is 0 Å². The maximum atomic E-state index is 11.1. The first-order valence-corrected chi connectivity index (χ1v) is 6.60. The maximum Gasteiger partial charge on any atom is 0.346 e. The molecule has 4 heteroatoms. The molecule has 1 unspecified atom stereocenters. The number of carboxylic acids is 1. The molecule has 0 heterocycles. The van der Waals surface area contributed by atoms with Gasteiger partial charge in [-0.25, -0.2) is 4.79 Å². The SMILES string of the molecule is CCCCCC(O)(Sc1ccccc1)C(=O)O. The molecule has 94 valence electrons. The average Bonchev–Trinajstić information content (AvgIpc) is 2.30. The van der Waals surface area contributed by atoms with Gasteiger partial charge in [0.25, 0.3) is 0 Å². The highest BCUT2D eigenvalue weighted by molar-refractivity contribution is 8.01. The number of hydrogen-bond donors (Lipinski definition) is 2. The van der Waals surface area contributed by atoms with Crippen molar-refractivity contribution < 1.29 is 15.0 Å². The predicted octanol–water partition coefficient (Wildman–Crippen LogP) is 3.13. The van der Waals surface area contributed by atoms with Crippen molar-refractivity contribution in [1.29, 1.82) is 0 Å². The topological polar surface area (TPSA) is 57.5 Å². The highest BCUT2D eigenvalue weighted by atomic mass is 32.2. The molecule has 0 spiro atoms. The Hall–Kier alpha value is -1.00. The standard InChI is InChI=1S/C13H18O3S/c1-2-3-7-10-13(16,12(14)15)17-11-8-5-4-6-9-11/h4-6,8-9,16H,2-3,7,10H2,1H3,(H,14,15). The van der Waals surface area contributed by atoms with Crippen molar-refractivity contribution >= 4 is 17.7 Å². The monoisotopic (exact) mass is 254 g/mol. The van der Waals surface area contributed by atoms with E-state index in [1.54, 1.807) is 12.1 Å². The van der Waals surface area contributed by atoms with Gasteiger partial charge in [0.1, 0.15) is 0 Å². The minimum absolute atomic E-state index is 0.274. The molecule has 0 bridgehead atoms. The van der Waals surface area contributed by atoms with Crippen LogP contribution < -0.4 is 0 Å². The molecular weight excluding hydrogens is 236 g/mol. The lowest BCUT2D eigenvalue weighted by atomic mass is 10.1. The van der Waals surface area contributed by atoms with Crippen molar-refractivity contribution in [2.24, 2.45) is 0 Å². The molecule has 0 aliphatic carbocycles. The molecule has 0 radical (unpaired) electrons. The summed E-state index contributed by atoms with van der Waals surface area (Å²) in [4.78, 5) is 10.2. The number of carboxylic acid groups (broad SMARTS) is 1. The maximum absolute atomic E-state index is 11.1. The fourth-order valence-corrected chi connectivity index (χ4v) is 2.52. The smallest absolute Gasteiger partial charge is 0.346 e. The first-order valence-electron chi connectivity index (χ1n) is 5.78. The van der Waals surface area contributed by atoms with Gasteiger partial charge >= 0.3 is 5.97 Å². The van der Waals surface area contributed by atoms with Crippen LogP contribution in [0.25, 0.3) is 0 Å². The molecule has 1 aromatic carbocycles. The summed E-state index contributed by atoms with van der Waals surface area (Å²) in [5.41, 5.74) is 0. The van der Waals surface area contributed by atoms with Gasteiger partial charge in [0, 0.05) is 4.90 Å². The van der Waals surface area contributed by atoms with Gasteiger partial charge in [-0.3, -0.25) is 0 Å². The number of aliphatic carboxylic acids is 1. The van der Waals surface area contributed by atoms with E-state index in [-0.39, 0.29) is 6.42 Å². The second-order valence-corrected chi connectivity index (χ2v) is 5.31. The van der Waals surface area contributed by atoms with Crippen molar-refractivity contribution in [3.05, 3.63) is 30.3 Å². The van der Waals surface area contributed by atoms with Gasteiger partial charge in [-0.05, 0) is 25.0 Å². The minimum Gasteiger partial charge on any atom is -0.478 e. The van der Waals surface area contributed by atoms with Crippen LogP contribution in [0.1, 0.15) is 32.6 Å². The van der Waals surface area contributed by atoms with E-state index in [1.165, 1.54) is 0 Å². The number of carbonyl (C=O) groups is 1. The highest BCUT2D eigenvalue weighted by Gasteiger charge is 2.36. The van der Waals surface area contributed by atoms with Crippen molar-refractivity contribution in [1.82, 2.24) is 0 Å². The molecule has 17 heavy (non-hydrogen) atoms. The number of aliphatic hydroxyl groups is 1. The van der Waals surface area contributed by atoms with Crippen LogP contribution in [0.15, 0.2) is 35.2 Å². The van der Waals surface area contributed by atoms with Crippen molar-refractivity contribution in [3.8, 4) is 0 Å². The fraction of sp³-hybridized carbons (Fsp3) is 0.462. The number of rotatable bonds is 7. The zero-order valence-corrected chi connectivity index (χ0v) is 10.7. The Balaban J connectivity index is 2.68. The molecule has 0 saturated carbocycles. The van der Waals surface area contributed by atoms with E-state index < -0.39 is 10.9 Å². The lowest BCUT2D eigenvalue weighted by Gasteiger charge is -2.22. The van der Waals surface area contributed by atoms with E-state index in [1.807, 2.05) is 25.1 Å². The van der Waals surface area contributed by atoms with Crippen LogP contribution in [0.5, 0.6) is 0 Å². The normalized spacial score (nSPS) is 14.2. The number of benzene rings is 1. The molecular formula is C13H18O3S. The van der Waals surface area contributed by atoms with E-state index >= 15 is 0 Å². The summed E-state index contributed by atoms with van der Waals surface area (Å²) in [6, 6.07) is 9.13. The largest absolute Gasteiger partial charge is 0.478 e. The Morgan fingerprint density at radius 1 is 1.29 bits per heavy atom. The van der Waals surface area contributed by atoms with E-state index in [0.29, 0.717) is 0 Å². The minimum atomic E-state index is -1.71. The number of thioether (sulfide) groups is 1. The van der Waals surface area contributed by atoms with Crippen molar-refractivity contribution in [3.63, 3.8) is 0 Å². The molecule has 0 saturated heterocycles. The van der Waals surface area contributed by atoms with Gasteiger partial charge in [-0.1, -0.05) is 49.7 Å². The first-order chi connectivity index (χ1) is 8.08. The molecule has 0 aliphatic rings. The summed E-state index contributed by atoms with van der Waals surface area (Å²) >= 11 is 1.01. The molecule has 1 aromatic rings. The fourth-order valence-electron chi connectivity index (χ4n) is 1.50. The first kappa shape index (κ1) is 14.1. The molecule has 1 atom stereocenters. The molecule has 3 nitrogen and oxygen atoms in total. The Bertz CT molecular complexity index is 353.